The van der Waals surface area contributed by atoms with E-state index in [-0.39, 0.29) is 10.1 Å². The average molecular weight is 445 g/mol. The highest BCUT2D eigenvalue weighted by Crippen LogP contribution is 2.40. The zero-order valence-electron chi connectivity index (χ0n) is 16.8. The molecule has 1 heterocycles. The van der Waals surface area contributed by atoms with E-state index in [9.17, 15) is 13.2 Å². The monoisotopic (exact) mass is 444 g/mol. The Kier molecular flexibility index (Phi) is 5.57. The smallest absolute Gasteiger partial charge is 0.251 e. The minimum atomic E-state index is -3.73. The second-order valence-electron chi connectivity index (χ2n) is 7.94. The molecule has 1 aliphatic rings. The molecule has 1 amide bonds. The topological polar surface area (TPSA) is 84.5 Å². The lowest BCUT2D eigenvalue weighted by Gasteiger charge is -2.19. The number of carbonyl (C=O) groups is 1. The van der Waals surface area contributed by atoms with E-state index in [1.807, 2.05) is 30.3 Å². The highest BCUT2D eigenvalue weighted by atomic mass is 32.2. The van der Waals surface area contributed by atoms with Crippen LogP contribution in [0.2, 0.25) is 0 Å². The molecule has 1 aliphatic carbocycles. The number of fused-ring (bicyclic) bond motifs is 1. The zero-order valence-corrected chi connectivity index (χ0v) is 18.5. The van der Waals surface area contributed by atoms with Crippen molar-refractivity contribution in [3.05, 3.63) is 53.9 Å². The van der Waals surface area contributed by atoms with Crippen molar-refractivity contribution < 1.29 is 17.9 Å². The Labute approximate surface area is 180 Å². The number of hydrogen-bond donors (Lipinski definition) is 2. The summed E-state index contributed by atoms with van der Waals surface area (Å²) in [7, 11) is -3.73. The maximum atomic E-state index is 13.0. The number of hydrogen-bond acceptors (Lipinski definition) is 5. The molecule has 0 saturated heterocycles. The van der Waals surface area contributed by atoms with E-state index >= 15 is 0 Å². The minimum Gasteiger partial charge on any atom is -0.493 e. The summed E-state index contributed by atoms with van der Waals surface area (Å²) in [6.07, 6.45) is 0.938. The van der Waals surface area contributed by atoms with Crippen molar-refractivity contribution in [2.24, 2.45) is 5.92 Å². The Bertz CT molecular complexity index is 1170. The molecule has 1 fully saturated rings. The molecule has 2 aromatic carbocycles. The summed E-state index contributed by atoms with van der Waals surface area (Å²) in [5, 5.41) is 6.38. The van der Waals surface area contributed by atoms with Gasteiger partial charge >= 0.3 is 0 Å². The van der Waals surface area contributed by atoms with E-state index < -0.39 is 15.6 Å². The van der Waals surface area contributed by atoms with Crippen LogP contribution in [0.15, 0.2) is 58.1 Å². The molecule has 2 N–H and O–H groups in total. The van der Waals surface area contributed by atoms with Crippen molar-refractivity contribution in [1.29, 1.82) is 0 Å². The van der Waals surface area contributed by atoms with Gasteiger partial charge in [-0.15, -0.1) is 11.3 Å². The summed E-state index contributed by atoms with van der Waals surface area (Å²) in [5.41, 5.74) is -0.467. The van der Waals surface area contributed by atoms with Gasteiger partial charge in [0.2, 0.25) is 5.91 Å². The van der Waals surface area contributed by atoms with Crippen LogP contribution >= 0.6 is 11.3 Å². The van der Waals surface area contributed by atoms with Gasteiger partial charge in [-0.3, -0.25) is 4.79 Å². The summed E-state index contributed by atoms with van der Waals surface area (Å²) in [4.78, 5) is 13.0. The fourth-order valence-corrected chi connectivity index (χ4v) is 5.65. The van der Waals surface area contributed by atoms with Crippen molar-refractivity contribution in [2.75, 3.05) is 11.9 Å². The second-order valence-corrected chi connectivity index (χ2v) is 10.8. The number of nitrogens with one attached hydrogen (secondary N) is 2. The first-order valence-electron chi connectivity index (χ1n) is 9.84. The van der Waals surface area contributed by atoms with Crippen LogP contribution in [0.4, 0.5) is 5.69 Å². The van der Waals surface area contributed by atoms with Gasteiger partial charge in [0, 0.05) is 16.5 Å². The number of rotatable bonds is 8. The van der Waals surface area contributed by atoms with E-state index in [1.54, 1.807) is 17.5 Å². The van der Waals surface area contributed by atoms with Gasteiger partial charge in [-0.25, -0.2) is 8.42 Å². The number of amides is 1. The molecule has 158 valence electrons. The maximum absolute atomic E-state index is 13.0. The highest BCUT2D eigenvalue weighted by Gasteiger charge is 2.53. The van der Waals surface area contributed by atoms with Crippen molar-refractivity contribution in [3.63, 3.8) is 0 Å². The Balaban J connectivity index is 1.57. The molecule has 0 radical (unpaired) electrons. The van der Waals surface area contributed by atoms with Crippen molar-refractivity contribution >= 4 is 43.7 Å². The number of sulfonamides is 1. The summed E-state index contributed by atoms with van der Waals surface area (Å²) >= 11 is 1.13. The molecule has 30 heavy (non-hydrogen) atoms. The normalized spacial score (nSPS) is 15.3. The average Bonchev–Trinajstić information content (AvgIpc) is 3.26. The fourth-order valence-electron chi connectivity index (χ4n) is 3.23. The van der Waals surface area contributed by atoms with Crippen LogP contribution < -0.4 is 14.8 Å². The lowest BCUT2D eigenvalue weighted by molar-refractivity contribution is -0.118. The molecule has 1 saturated carbocycles. The first-order chi connectivity index (χ1) is 14.3. The van der Waals surface area contributed by atoms with Gasteiger partial charge in [0.1, 0.15) is 15.5 Å². The summed E-state index contributed by atoms with van der Waals surface area (Å²) in [6, 6.07) is 14.5. The van der Waals surface area contributed by atoms with Gasteiger partial charge in [0.25, 0.3) is 10.0 Å². The molecule has 6 nitrogen and oxygen atoms in total. The quantitative estimate of drug-likeness (QED) is 0.540. The zero-order chi connectivity index (χ0) is 21.4. The SMILES string of the molecule is CC(C)COc1ccc(NC(=O)C2(NS(=O)(=O)c3cccs3)CC2)c2ccccc12. The van der Waals surface area contributed by atoms with Gasteiger partial charge in [-0.1, -0.05) is 44.2 Å². The van der Waals surface area contributed by atoms with Gasteiger partial charge in [0.05, 0.1) is 6.61 Å². The molecule has 3 aromatic rings. The van der Waals surface area contributed by atoms with Crippen LogP contribution in [0, 0.1) is 5.92 Å². The van der Waals surface area contributed by atoms with Crippen molar-refractivity contribution in [2.45, 2.75) is 36.4 Å². The number of benzene rings is 2. The Morgan fingerprint density at radius 2 is 1.83 bits per heavy atom. The molecule has 0 aliphatic heterocycles. The van der Waals surface area contributed by atoms with E-state index in [2.05, 4.69) is 23.9 Å². The Morgan fingerprint density at radius 1 is 1.10 bits per heavy atom. The van der Waals surface area contributed by atoms with E-state index in [1.165, 1.54) is 6.07 Å². The summed E-state index contributed by atoms with van der Waals surface area (Å²) < 4.78 is 33.9. The van der Waals surface area contributed by atoms with Gasteiger partial charge in [-0.05, 0) is 42.3 Å². The minimum absolute atomic E-state index is 0.207. The van der Waals surface area contributed by atoms with E-state index in [0.29, 0.717) is 31.1 Å². The van der Waals surface area contributed by atoms with Crippen molar-refractivity contribution in [1.82, 2.24) is 4.72 Å². The summed E-state index contributed by atoms with van der Waals surface area (Å²) in [6.45, 7) is 4.77. The standard InChI is InChI=1S/C22H24N2O4S2/c1-15(2)14-28-19-10-9-18(16-6-3-4-7-17(16)19)23-21(25)22(11-12-22)24-30(26,27)20-8-5-13-29-20/h3-10,13,15,24H,11-12,14H2,1-2H3,(H,23,25). The first-order valence-corrected chi connectivity index (χ1v) is 12.2. The second kappa shape index (κ2) is 8.02. The van der Waals surface area contributed by atoms with Crippen molar-refractivity contribution in [3.8, 4) is 5.75 Å². The molecule has 1 aromatic heterocycles. The van der Waals surface area contributed by atoms with Gasteiger partial charge in [-0.2, -0.15) is 4.72 Å². The van der Waals surface area contributed by atoms with Crippen LogP contribution in [-0.2, 0) is 14.8 Å². The molecule has 0 atom stereocenters. The first kappa shape index (κ1) is 20.8. The fraction of sp³-hybridized carbons (Fsp3) is 0.318. The van der Waals surface area contributed by atoms with E-state index in [4.69, 9.17) is 4.74 Å². The lowest BCUT2D eigenvalue weighted by Crippen LogP contribution is -2.45. The molecular weight excluding hydrogens is 420 g/mol. The molecule has 0 unspecified atom stereocenters. The molecule has 0 bridgehead atoms. The molecule has 0 spiro atoms. The third-order valence-electron chi connectivity index (χ3n) is 4.98. The molecule has 8 heteroatoms. The third-order valence-corrected chi connectivity index (χ3v) is 7.91. The number of ether oxygens (including phenoxy) is 1. The molecular formula is C22H24N2O4S2. The Morgan fingerprint density at radius 3 is 2.47 bits per heavy atom. The Hall–Kier alpha value is -2.42. The van der Waals surface area contributed by atoms with Crippen LogP contribution in [-0.4, -0.2) is 26.5 Å². The van der Waals surface area contributed by atoms with Crippen LogP contribution in [0.1, 0.15) is 26.7 Å². The van der Waals surface area contributed by atoms with Gasteiger partial charge < -0.3 is 10.1 Å². The number of thiophene rings is 1. The number of anilines is 1. The highest BCUT2D eigenvalue weighted by molar-refractivity contribution is 7.91. The summed E-state index contributed by atoms with van der Waals surface area (Å²) in [5.74, 6) is 0.815. The predicted molar refractivity (Wildman–Crippen MR) is 120 cm³/mol. The largest absolute Gasteiger partial charge is 0.493 e. The van der Waals surface area contributed by atoms with Gasteiger partial charge in [0.15, 0.2) is 0 Å². The molecule has 4 rings (SSSR count). The maximum Gasteiger partial charge on any atom is 0.251 e. The van der Waals surface area contributed by atoms with Crippen LogP contribution in [0.25, 0.3) is 10.8 Å². The van der Waals surface area contributed by atoms with E-state index in [0.717, 1.165) is 27.9 Å². The van der Waals surface area contributed by atoms with Crippen LogP contribution in [0.3, 0.4) is 0 Å². The number of carbonyl (C=O) groups excluding carboxylic acids is 1. The predicted octanol–water partition coefficient (Wildman–Crippen LogP) is 4.39. The third kappa shape index (κ3) is 4.21. The lowest BCUT2D eigenvalue weighted by atomic mass is 10.1. The van der Waals surface area contributed by atoms with Crippen LogP contribution in [0.5, 0.6) is 5.75 Å².